The molecule has 0 amide bonds. The SMILES string of the molecule is COc1ccc(C[C@H]2COC[C@@H](Cc3ccc(OC)cc3)C2O)cc1. The summed E-state index contributed by atoms with van der Waals surface area (Å²) in [6.07, 6.45) is 1.26. The van der Waals surface area contributed by atoms with Gasteiger partial charge in [0.2, 0.25) is 0 Å². The average molecular weight is 342 g/mol. The fourth-order valence-electron chi connectivity index (χ4n) is 3.44. The summed E-state index contributed by atoms with van der Waals surface area (Å²) in [5.74, 6) is 1.93. The number of hydrogen-bond donors (Lipinski definition) is 1. The van der Waals surface area contributed by atoms with E-state index in [-0.39, 0.29) is 17.9 Å². The van der Waals surface area contributed by atoms with Crippen molar-refractivity contribution in [1.29, 1.82) is 0 Å². The molecule has 0 bridgehead atoms. The summed E-state index contributed by atoms with van der Waals surface area (Å²) in [5.41, 5.74) is 2.39. The summed E-state index contributed by atoms with van der Waals surface area (Å²) in [4.78, 5) is 0. The van der Waals surface area contributed by atoms with Crippen LogP contribution in [0.4, 0.5) is 0 Å². The summed E-state index contributed by atoms with van der Waals surface area (Å²) in [6, 6.07) is 16.1. The lowest BCUT2D eigenvalue weighted by atomic mass is 9.82. The molecule has 2 aromatic rings. The van der Waals surface area contributed by atoms with Gasteiger partial charge in [0.25, 0.3) is 0 Å². The minimum Gasteiger partial charge on any atom is -0.497 e. The van der Waals surface area contributed by atoms with E-state index in [0.717, 1.165) is 24.3 Å². The second-order valence-electron chi connectivity index (χ2n) is 6.65. The van der Waals surface area contributed by atoms with Crippen LogP contribution >= 0.6 is 0 Å². The molecule has 1 heterocycles. The number of rotatable bonds is 6. The van der Waals surface area contributed by atoms with Crippen LogP contribution in [0.15, 0.2) is 48.5 Å². The van der Waals surface area contributed by atoms with E-state index in [0.29, 0.717) is 13.2 Å². The van der Waals surface area contributed by atoms with Crippen LogP contribution in [0, 0.1) is 11.8 Å². The molecule has 3 atom stereocenters. The molecular weight excluding hydrogens is 316 g/mol. The van der Waals surface area contributed by atoms with Gasteiger partial charge in [-0.1, -0.05) is 24.3 Å². The Morgan fingerprint density at radius 3 is 1.56 bits per heavy atom. The first-order valence-electron chi connectivity index (χ1n) is 8.71. The van der Waals surface area contributed by atoms with E-state index in [4.69, 9.17) is 14.2 Å². The van der Waals surface area contributed by atoms with E-state index in [1.165, 1.54) is 11.1 Å². The van der Waals surface area contributed by atoms with Crippen LogP contribution in [-0.2, 0) is 17.6 Å². The summed E-state index contributed by atoms with van der Waals surface area (Å²) < 4.78 is 16.2. The third kappa shape index (κ3) is 4.53. The van der Waals surface area contributed by atoms with Crippen molar-refractivity contribution in [3.05, 3.63) is 59.7 Å². The molecule has 1 fully saturated rings. The first-order valence-corrected chi connectivity index (χ1v) is 8.71. The van der Waals surface area contributed by atoms with Crippen molar-refractivity contribution in [3.8, 4) is 11.5 Å². The summed E-state index contributed by atoms with van der Waals surface area (Å²) >= 11 is 0. The van der Waals surface area contributed by atoms with E-state index < -0.39 is 0 Å². The van der Waals surface area contributed by atoms with Gasteiger partial charge in [0.15, 0.2) is 0 Å². The van der Waals surface area contributed by atoms with Crippen LogP contribution in [-0.4, -0.2) is 38.6 Å². The largest absolute Gasteiger partial charge is 0.497 e. The molecule has 0 aromatic heterocycles. The lowest BCUT2D eigenvalue weighted by Gasteiger charge is -2.35. The van der Waals surface area contributed by atoms with Gasteiger partial charge < -0.3 is 19.3 Å². The number of hydrogen-bond acceptors (Lipinski definition) is 4. The predicted octanol–water partition coefficient (Wildman–Crippen LogP) is 3.11. The number of benzene rings is 2. The third-order valence-corrected chi connectivity index (χ3v) is 4.94. The van der Waals surface area contributed by atoms with E-state index in [9.17, 15) is 5.11 Å². The van der Waals surface area contributed by atoms with Crippen molar-refractivity contribution in [2.45, 2.75) is 18.9 Å². The Kier molecular flexibility index (Phi) is 5.95. The standard InChI is InChI=1S/C21H26O4/c1-23-19-7-3-15(4-8-19)11-17-13-25-14-18(21(17)22)12-16-5-9-20(24-2)10-6-16/h3-10,17-18,21-22H,11-14H2,1-2H3/t17-,18+,21?. The molecule has 0 radical (unpaired) electrons. The Bertz CT molecular complexity index is 593. The first-order chi connectivity index (χ1) is 12.2. The highest BCUT2D eigenvalue weighted by Crippen LogP contribution is 2.27. The van der Waals surface area contributed by atoms with Gasteiger partial charge in [0.05, 0.1) is 33.5 Å². The van der Waals surface area contributed by atoms with E-state index in [1.807, 2.05) is 24.3 Å². The second kappa shape index (κ2) is 8.37. The maximum absolute atomic E-state index is 10.8. The Labute approximate surface area is 149 Å². The molecule has 2 aromatic carbocycles. The van der Waals surface area contributed by atoms with Gasteiger partial charge in [-0.15, -0.1) is 0 Å². The molecule has 1 unspecified atom stereocenters. The van der Waals surface area contributed by atoms with Gasteiger partial charge >= 0.3 is 0 Å². The molecule has 4 heteroatoms. The fourth-order valence-corrected chi connectivity index (χ4v) is 3.44. The molecule has 0 aliphatic carbocycles. The fraction of sp³-hybridized carbons (Fsp3) is 0.429. The smallest absolute Gasteiger partial charge is 0.118 e. The molecule has 25 heavy (non-hydrogen) atoms. The number of aliphatic hydroxyl groups is 1. The minimum atomic E-state index is -0.363. The van der Waals surface area contributed by atoms with Crippen molar-refractivity contribution in [2.75, 3.05) is 27.4 Å². The van der Waals surface area contributed by atoms with Gasteiger partial charge in [0.1, 0.15) is 11.5 Å². The van der Waals surface area contributed by atoms with E-state index in [2.05, 4.69) is 24.3 Å². The predicted molar refractivity (Wildman–Crippen MR) is 97.2 cm³/mol. The summed E-state index contributed by atoms with van der Waals surface area (Å²) in [6.45, 7) is 1.21. The molecule has 4 nitrogen and oxygen atoms in total. The second-order valence-corrected chi connectivity index (χ2v) is 6.65. The molecule has 1 N–H and O–H groups in total. The molecular formula is C21H26O4. The molecule has 134 valence electrons. The van der Waals surface area contributed by atoms with Gasteiger partial charge in [-0.05, 0) is 48.2 Å². The lowest BCUT2D eigenvalue weighted by molar-refractivity contribution is -0.0789. The van der Waals surface area contributed by atoms with Crippen LogP contribution < -0.4 is 9.47 Å². The van der Waals surface area contributed by atoms with Gasteiger partial charge in [-0.3, -0.25) is 0 Å². The Morgan fingerprint density at radius 1 is 0.800 bits per heavy atom. The number of methoxy groups -OCH3 is 2. The van der Waals surface area contributed by atoms with Crippen molar-refractivity contribution in [1.82, 2.24) is 0 Å². The molecule has 1 aliphatic rings. The normalized spacial score (nSPS) is 23.2. The average Bonchev–Trinajstić information content (AvgIpc) is 2.66. The molecule has 3 rings (SSSR count). The topological polar surface area (TPSA) is 47.9 Å². The highest BCUT2D eigenvalue weighted by Gasteiger charge is 2.32. The quantitative estimate of drug-likeness (QED) is 0.876. The van der Waals surface area contributed by atoms with Crippen LogP contribution in [0.25, 0.3) is 0 Å². The third-order valence-electron chi connectivity index (χ3n) is 4.94. The van der Waals surface area contributed by atoms with Crippen molar-refractivity contribution < 1.29 is 19.3 Å². The zero-order valence-electron chi connectivity index (χ0n) is 14.9. The van der Waals surface area contributed by atoms with Crippen molar-refractivity contribution >= 4 is 0 Å². The van der Waals surface area contributed by atoms with Crippen LogP contribution in [0.1, 0.15) is 11.1 Å². The molecule has 0 saturated carbocycles. The van der Waals surface area contributed by atoms with Crippen LogP contribution in [0.2, 0.25) is 0 Å². The minimum absolute atomic E-state index is 0.116. The highest BCUT2D eigenvalue weighted by atomic mass is 16.5. The van der Waals surface area contributed by atoms with Crippen LogP contribution in [0.5, 0.6) is 11.5 Å². The Hall–Kier alpha value is -2.04. The van der Waals surface area contributed by atoms with Crippen LogP contribution in [0.3, 0.4) is 0 Å². The van der Waals surface area contributed by atoms with E-state index in [1.54, 1.807) is 14.2 Å². The first kappa shape index (κ1) is 17.8. The number of ether oxygens (including phenoxy) is 3. The molecule has 1 aliphatic heterocycles. The maximum Gasteiger partial charge on any atom is 0.118 e. The Morgan fingerprint density at radius 2 is 1.20 bits per heavy atom. The molecule has 1 saturated heterocycles. The van der Waals surface area contributed by atoms with Gasteiger partial charge in [-0.2, -0.15) is 0 Å². The summed E-state index contributed by atoms with van der Waals surface area (Å²) in [5, 5.41) is 10.8. The summed E-state index contributed by atoms with van der Waals surface area (Å²) in [7, 11) is 3.33. The van der Waals surface area contributed by atoms with Crippen molar-refractivity contribution in [2.24, 2.45) is 11.8 Å². The zero-order chi connectivity index (χ0) is 17.6. The monoisotopic (exact) mass is 342 g/mol. The van der Waals surface area contributed by atoms with Crippen molar-refractivity contribution in [3.63, 3.8) is 0 Å². The zero-order valence-corrected chi connectivity index (χ0v) is 14.9. The number of aliphatic hydroxyl groups excluding tert-OH is 1. The lowest BCUT2D eigenvalue weighted by Crippen LogP contribution is -2.42. The van der Waals surface area contributed by atoms with E-state index >= 15 is 0 Å². The maximum atomic E-state index is 10.8. The Balaban J connectivity index is 1.62. The highest BCUT2D eigenvalue weighted by molar-refractivity contribution is 5.28. The molecule has 0 spiro atoms. The van der Waals surface area contributed by atoms with Gasteiger partial charge in [-0.25, -0.2) is 0 Å². The van der Waals surface area contributed by atoms with Gasteiger partial charge in [0, 0.05) is 11.8 Å².